The number of amides is 1. The number of allylic oxidation sites excluding steroid dienone is 4. The van der Waals surface area contributed by atoms with E-state index in [1.807, 2.05) is 43.9 Å². The van der Waals surface area contributed by atoms with Crippen molar-refractivity contribution in [3.63, 3.8) is 0 Å². The molecule has 2 aliphatic rings. The number of nitrogens with zero attached hydrogens (tertiary/aromatic N) is 5. The van der Waals surface area contributed by atoms with Gasteiger partial charge in [0.1, 0.15) is 5.82 Å². The summed E-state index contributed by atoms with van der Waals surface area (Å²) < 4.78 is 46.4. The molecule has 35 heavy (non-hydrogen) atoms. The highest BCUT2D eigenvalue weighted by molar-refractivity contribution is 6.00. The normalized spacial score (nSPS) is 19.5. The minimum absolute atomic E-state index is 0.0785. The molecule has 1 amide bonds. The number of carbonyl (C=O) groups is 1. The van der Waals surface area contributed by atoms with Crippen molar-refractivity contribution < 1.29 is 22.7 Å². The number of aromatic nitrogens is 3. The average molecular weight is 490 g/mol. The second-order valence-electron chi connectivity index (χ2n) is 8.72. The van der Waals surface area contributed by atoms with E-state index in [0.717, 1.165) is 24.3 Å². The van der Waals surface area contributed by atoms with E-state index in [4.69, 9.17) is 4.74 Å². The Morgan fingerprint density at radius 3 is 2.63 bits per heavy atom. The molecule has 0 aliphatic carbocycles. The molecule has 7 nitrogen and oxygen atoms in total. The highest BCUT2D eigenvalue weighted by Crippen LogP contribution is 2.34. The van der Waals surface area contributed by atoms with E-state index < -0.39 is 11.7 Å². The molecule has 4 heterocycles. The molecule has 0 aromatic carbocycles. The van der Waals surface area contributed by atoms with Gasteiger partial charge in [-0.25, -0.2) is 9.67 Å². The van der Waals surface area contributed by atoms with Crippen LogP contribution in [0.3, 0.4) is 0 Å². The number of pyridine rings is 1. The second-order valence-corrected chi connectivity index (χ2v) is 8.72. The van der Waals surface area contributed by atoms with Crippen molar-refractivity contribution in [3.8, 4) is 5.88 Å². The van der Waals surface area contributed by atoms with Crippen LogP contribution in [0.15, 0.2) is 36.6 Å². The van der Waals surface area contributed by atoms with Gasteiger partial charge in [-0.15, -0.1) is 0 Å². The number of hydrogen-bond acceptors (Lipinski definition) is 5. The molecule has 1 fully saturated rings. The molecule has 0 bridgehead atoms. The predicted molar refractivity (Wildman–Crippen MR) is 127 cm³/mol. The summed E-state index contributed by atoms with van der Waals surface area (Å²) in [6, 6.07) is 2.35. The first-order valence-corrected chi connectivity index (χ1v) is 11.9. The number of hydrogen-bond donors (Lipinski definition) is 0. The van der Waals surface area contributed by atoms with Crippen LogP contribution in [0.1, 0.15) is 55.2 Å². The third-order valence-corrected chi connectivity index (χ3v) is 6.43. The molecule has 2 aliphatic heterocycles. The lowest BCUT2D eigenvalue weighted by atomic mass is 10.0. The van der Waals surface area contributed by atoms with Crippen LogP contribution in [0.25, 0.3) is 5.57 Å². The minimum atomic E-state index is -4.42. The zero-order valence-corrected chi connectivity index (χ0v) is 20.2. The smallest absolute Gasteiger partial charge is 0.417 e. The van der Waals surface area contributed by atoms with Crippen molar-refractivity contribution in [1.29, 1.82) is 0 Å². The van der Waals surface area contributed by atoms with E-state index in [1.165, 1.54) is 6.07 Å². The van der Waals surface area contributed by atoms with Crippen molar-refractivity contribution >= 4 is 17.3 Å². The lowest BCUT2D eigenvalue weighted by Gasteiger charge is -2.26. The molecule has 0 spiro atoms. The van der Waals surface area contributed by atoms with E-state index >= 15 is 0 Å². The molecule has 0 N–H and O–H groups in total. The summed E-state index contributed by atoms with van der Waals surface area (Å²) in [6.07, 6.45) is 3.71. The average Bonchev–Trinajstić information content (AvgIpc) is 3.12. The first-order valence-electron chi connectivity index (χ1n) is 11.9. The number of aryl methyl sites for hydroxylation is 1. The van der Waals surface area contributed by atoms with Gasteiger partial charge in [0.05, 0.1) is 17.7 Å². The van der Waals surface area contributed by atoms with Crippen molar-refractivity contribution in [1.82, 2.24) is 19.7 Å². The molecule has 0 saturated carbocycles. The molecule has 188 valence electrons. The van der Waals surface area contributed by atoms with Gasteiger partial charge in [0.15, 0.2) is 5.69 Å². The Kier molecular flexibility index (Phi) is 7.18. The Bertz CT molecular complexity index is 1120. The van der Waals surface area contributed by atoms with Gasteiger partial charge in [0, 0.05) is 44.8 Å². The van der Waals surface area contributed by atoms with Gasteiger partial charge in [-0.3, -0.25) is 4.79 Å². The van der Waals surface area contributed by atoms with E-state index in [9.17, 15) is 18.0 Å². The van der Waals surface area contributed by atoms with Gasteiger partial charge < -0.3 is 14.5 Å². The van der Waals surface area contributed by atoms with Crippen LogP contribution in [-0.4, -0.2) is 57.9 Å². The van der Waals surface area contributed by atoms with Gasteiger partial charge >= 0.3 is 6.18 Å². The quantitative estimate of drug-likeness (QED) is 0.578. The molecule has 1 saturated heterocycles. The highest BCUT2D eigenvalue weighted by atomic mass is 19.4. The first-order chi connectivity index (χ1) is 16.7. The maximum absolute atomic E-state index is 13.8. The number of alkyl halides is 3. The highest BCUT2D eigenvalue weighted by Gasteiger charge is 2.34. The molecular formula is C25H30F3N5O2. The topological polar surface area (TPSA) is 63.5 Å². The molecule has 1 atom stereocenters. The van der Waals surface area contributed by atoms with E-state index in [1.54, 1.807) is 9.58 Å². The largest absolute Gasteiger partial charge is 0.477 e. The Hall–Kier alpha value is -3.30. The maximum atomic E-state index is 13.8. The number of carbonyl (C=O) groups excluding carboxylic acids is 1. The summed E-state index contributed by atoms with van der Waals surface area (Å²) in [4.78, 5) is 21.6. The van der Waals surface area contributed by atoms with Gasteiger partial charge in [0.25, 0.3) is 5.91 Å². The zero-order chi connectivity index (χ0) is 25.2. The zero-order valence-electron chi connectivity index (χ0n) is 20.2. The van der Waals surface area contributed by atoms with Crippen molar-refractivity contribution in [2.75, 3.05) is 31.1 Å². The Labute approximate surface area is 202 Å². The van der Waals surface area contributed by atoms with Gasteiger partial charge in [-0.2, -0.15) is 18.3 Å². The van der Waals surface area contributed by atoms with Gasteiger partial charge in [-0.05, 0) is 44.9 Å². The van der Waals surface area contributed by atoms with E-state index in [0.29, 0.717) is 62.2 Å². The Morgan fingerprint density at radius 1 is 1.17 bits per heavy atom. The summed E-state index contributed by atoms with van der Waals surface area (Å²) in [5.41, 5.74) is 1.16. The minimum Gasteiger partial charge on any atom is -0.477 e. The molecular weight excluding hydrogens is 459 g/mol. The fourth-order valence-corrected chi connectivity index (χ4v) is 4.51. The lowest BCUT2D eigenvalue weighted by Crippen LogP contribution is -2.40. The molecule has 2 aromatic heterocycles. The fraction of sp³-hybridized carbons (Fsp3) is 0.480. The standard InChI is InChI=1S/C25H30F3N5O2/c1-4-7-18(5-2)21-22(30-33-11-6-15-35-24(21)33)23(34)32-14-13-31(12-10-17(32)3)20-9-8-19(16-29-20)25(26,27)28/h4-5,7-9,16-17H,6,10-15H2,1-3H3/b7-4-,18-5+/t17-/m1/s1. The predicted octanol–water partition coefficient (Wildman–Crippen LogP) is 4.80. The monoisotopic (exact) mass is 489 g/mol. The van der Waals surface area contributed by atoms with Crippen LogP contribution in [0.4, 0.5) is 19.0 Å². The SMILES string of the molecule is C/C=C\C(=C/C)c1c(C(=O)N2CCN(c3ccc(C(F)(F)F)cn3)CC[C@H]2C)nn2c1OCCC2. The van der Waals surface area contributed by atoms with Crippen LogP contribution < -0.4 is 9.64 Å². The third-order valence-electron chi connectivity index (χ3n) is 6.43. The van der Waals surface area contributed by atoms with Gasteiger partial charge in [-0.1, -0.05) is 18.2 Å². The summed E-state index contributed by atoms with van der Waals surface area (Å²) in [6.45, 7) is 8.52. The number of rotatable bonds is 4. The van der Waals surface area contributed by atoms with Crippen molar-refractivity contribution in [2.24, 2.45) is 0 Å². The van der Waals surface area contributed by atoms with E-state index in [2.05, 4.69) is 10.1 Å². The van der Waals surface area contributed by atoms with Crippen LogP contribution >= 0.6 is 0 Å². The Balaban J connectivity index is 1.59. The molecule has 0 unspecified atom stereocenters. The molecule has 2 aromatic rings. The maximum Gasteiger partial charge on any atom is 0.417 e. The van der Waals surface area contributed by atoms with Crippen molar-refractivity contribution in [2.45, 2.75) is 52.4 Å². The number of halogens is 3. The van der Waals surface area contributed by atoms with E-state index in [-0.39, 0.29) is 11.9 Å². The molecule has 0 radical (unpaired) electrons. The second kappa shape index (κ2) is 10.1. The molecule has 4 rings (SSSR count). The number of anilines is 1. The first kappa shape index (κ1) is 24.8. The fourth-order valence-electron chi connectivity index (χ4n) is 4.51. The third kappa shape index (κ3) is 5.06. The summed E-state index contributed by atoms with van der Waals surface area (Å²) in [5, 5.41) is 4.65. The lowest BCUT2D eigenvalue weighted by molar-refractivity contribution is -0.137. The van der Waals surface area contributed by atoms with Gasteiger partial charge in [0.2, 0.25) is 5.88 Å². The van der Waals surface area contributed by atoms with Crippen LogP contribution in [0.5, 0.6) is 5.88 Å². The number of ether oxygens (including phenoxy) is 1. The summed E-state index contributed by atoms with van der Waals surface area (Å²) in [7, 11) is 0. The summed E-state index contributed by atoms with van der Waals surface area (Å²) in [5.74, 6) is 0.906. The van der Waals surface area contributed by atoms with Crippen LogP contribution in [-0.2, 0) is 12.7 Å². The Morgan fingerprint density at radius 2 is 1.97 bits per heavy atom. The number of fused-ring (bicyclic) bond motifs is 1. The molecule has 10 heteroatoms. The van der Waals surface area contributed by atoms with Crippen molar-refractivity contribution in [3.05, 3.63) is 53.4 Å². The summed E-state index contributed by atoms with van der Waals surface area (Å²) >= 11 is 0. The van der Waals surface area contributed by atoms with Crippen LogP contribution in [0.2, 0.25) is 0 Å². The van der Waals surface area contributed by atoms with Crippen LogP contribution in [0, 0.1) is 0 Å².